The van der Waals surface area contributed by atoms with E-state index >= 15 is 0 Å². The number of nitrogens with one attached hydrogen (secondary N) is 2. The number of carbonyl (C=O) groups excluding carboxylic acids is 2. The van der Waals surface area contributed by atoms with Crippen LogP contribution in [0.3, 0.4) is 0 Å². The van der Waals surface area contributed by atoms with Gasteiger partial charge in [0.05, 0.1) is 5.54 Å². The van der Waals surface area contributed by atoms with Gasteiger partial charge in [0, 0.05) is 44.2 Å². The lowest BCUT2D eigenvalue weighted by Crippen LogP contribution is -2.58. The summed E-state index contributed by atoms with van der Waals surface area (Å²) in [5.74, 6) is -0.118. The van der Waals surface area contributed by atoms with Crippen molar-refractivity contribution in [1.82, 2.24) is 25.1 Å². The van der Waals surface area contributed by atoms with Gasteiger partial charge in [-0.05, 0) is 38.7 Å². The summed E-state index contributed by atoms with van der Waals surface area (Å²) in [7, 11) is 0. The molecular weight excluding hydrogens is 386 g/mol. The quantitative estimate of drug-likeness (QED) is 0.695. The molecule has 2 aliphatic heterocycles. The van der Waals surface area contributed by atoms with E-state index in [-0.39, 0.29) is 23.9 Å². The number of hydrogen-bond acceptors (Lipinski definition) is 6. The molecule has 9 heteroatoms. The molecule has 30 heavy (non-hydrogen) atoms. The average Bonchev–Trinajstić information content (AvgIpc) is 2.74. The van der Waals surface area contributed by atoms with Gasteiger partial charge in [0.15, 0.2) is 0 Å². The van der Waals surface area contributed by atoms with Gasteiger partial charge in [-0.1, -0.05) is 13.8 Å². The van der Waals surface area contributed by atoms with Crippen LogP contribution in [0.5, 0.6) is 0 Å². The third-order valence-corrected chi connectivity index (χ3v) is 5.73. The van der Waals surface area contributed by atoms with Gasteiger partial charge < -0.3 is 15.4 Å². The Morgan fingerprint density at radius 3 is 2.67 bits per heavy atom. The Bertz CT molecular complexity index is 844. The van der Waals surface area contributed by atoms with Crippen LogP contribution in [0.2, 0.25) is 0 Å². The van der Waals surface area contributed by atoms with E-state index in [1.54, 1.807) is 19.9 Å². The standard InChI is InChI=1S/C21H33N5O4/c1-14(2)10-25-11-17(19(28)24-21(13-25)5-7-30-8-6-21)23-18(27)12-26-16(4)9-15(3)22-20(26)29/h9,14,17H,5-8,10-13H2,1-4H3,(H,23,27)(H,24,28). The molecule has 2 aliphatic rings. The van der Waals surface area contributed by atoms with Crippen LogP contribution in [-0.2, 0) is 20.9 Å². The maximum atomic E-state index is 13.0. The summed E-state index contributed by atoms with van der Waals surface area (Å²) in [5.41, 5.74) is 0.493. The summed E-state index contributed by atoms with van der Waals surface area (Å²) >= 11 is 0. The predicted molar refractivity (Wildman–Crippen MR) is 112 cm³/mol. The molecule has 1 spiro atoms. The van der Waals surface area contributed by atoms with Crippen LogP contribution in [0.25, 0.3) is 0 Å². The summed E-state index contributed by atoms with van der Waals surface area (Å²) < 4.78 is 6.82. The van der Waals surface area contributed by atoms with Crippen LogP contribution in [0.1, 0.15) is 38.1 Å². The molecule has 0 aliphatic carbocycles. The van der Waals surface area contributed by atoms with Crippen molar-refractivity contribution in [2.45, 2.75) is 58.7 Å². The van der Waals surface area contributed by atoms with Gasteiger partial charge in [0.25, 0.3) is 0 Å². The molecule has 166 valence electrons. The first-order valence-corrected chi connectivity index (χ1v) is 10.6. The van der Waals surface area contributed by atoms with Crippen LogP contribution in [0.15, 0.2) is 10.9 Å². The highest BCUT2D eigenvalue weighted by atomic mass is 16.5. The van der Waals surface area contributed by atoms with Gasteiger partial charge in [0.2, 0.25) is 11.8 Å². The van der Waals surface area contributed by atoms with Crippen molar-refractivity contribution in [3.63, 3.8) is 0 Å². The van der Waals surface area contributed by atoms with E-state index in [4.69, 9.17) is 4.74 Å². The first kappa shape index (κ1) is 22.4. The smallest absolute Gasteiger partial charge is 0.348 e. The number of amides is 2. The molecule has 0 bridgehead atoms. The van der Waals surface area contributed by atoms with Gasteiger partial charge in [-0.25, -0.2) is 4.79 Å². The zero-order valence-corrected chi connectivity index (χ0v) is 18.4. The van der Waals surface area contributed by atoms with E-state index < -0.39 is 11.7 Å². The molecule has 3 rings (SSSR count). The lowest BCUT2D eigenvalue weighted by Gasteiger charge is -2.39. The van der Waals surface area contributed by atoms with Crippen molar-refractivity contribution in [2.24, 2.45) is 5.92 Å². The topological polar surface area (TPSA) is 106 Å². The third-order valence-electron chi connectivity index (χ3n) is 5.73. The normalized spacial score (nSPS) is 22.0. The Morgan fingerprint density at radius 2 is 2.03 bits per heavy atom. The number of ether oxygens (including phenoxy) is 1. The van der Waals surface area contributed by atoms with Crippen molar-refractivity contribution in [2.75, 3.05) is 32.8 Å². The fourth-order valence-corrected chi connectivity index (χ4v) is 4.38. The first-order chi connectivity index (χ1) is 14.2. The third kappa shape index (κ3) is 5.46. The van der Waals surface area contributed by atoms with E-state index in [2.05, 4.69) is 34.4 Å². The number of hydrogen-bond donors (Lipinski definition) is 2. The predicted octanol–water partition coefficient (Wildman–Crippen LogP) is -0.0181. The first-order valence-electron chi connectivity index (χ1n) is 10.6. The number of nitrogens with zero attached hydrogens (tertiary/aromatic N) is 3. The number of aromatic nitrogens is 2. The van der Waals surface area contributed by atoms with Gasteiger partial charge in [-0.2, -0.15) is 4.98 Å². The van der Waals surface area contributed by atoms with Gasteiger partial charge >= 0.3 is 5.69 Å². The van der Waals surface area contributed by atoms with Crippen LogP contribution in [0.4, 0.5) is 0 Å². The average molecular weight is 420 g/mol. The SMILES string of the molecule is Cc1cc(C)n(CC(=O)NC2CN(CC(C)C)CC3(CCOCC3)NC2=O)c(=O)n1. The minimum atomic E-state index is -0.673. The van der Waals surface area contributed by atoms with Crippen molar-refractivity contribution < 1.29 is 14.3 Å². The lowest BCUT2D eigenvalue weighted by atomic mass is 9.89. The molecular formula is C21H33N5O4. The number of carbonyl (C=O) groups is 2. The molecule has 1 aromatic rings. The fraction of sp³-hybridized carbons (Fsp3) is 0.714. The molecule has 9 nitrogen and oxygen atoms in total. The highest BCUT2D eigenvalue weighted by Gasteiger charge is 2.41. The second-order valence-corrected chi connectivity index (χ2v) is 9.00. The van der Waals surface area contributed by atoms with Gasteiger partial charge in [0.1, 0.15) is 12.6 Å². The zero-order valence-electron chi connectivity index (χ0n) is 18.4. The zero-order chi connectivity index (χ0) is 21.9. The number of aryl methyl sites for hydroxylation is 2. The molecule has 3 heterocycles. The summed E-state index contributed by atoms with van der Waals surface area (Å²) in [6, 6.07) is 1.08. The molecule has 2 amide bonds. The van der Waals surface area contributed by atoms with E-state index in [0.29, 0.717) is 37.1 Å². The summed E-state index contributed by atoms with van der Waals surface area (Å²) in [4.78, 5) is 44.0. The molecule has 2 N–H and O–H groups in total. The Kier molecular flexibility index (Phi) is 6.92. The molecule has 2 saturated heterocycles. The van der Waals surface area contributed by atoms with E-state index in [1.807, 2.05) is 0 Å². The van der Waals surface area contributed by atoms with Crippen LogP contribution in [0, 0.1) is 19.8 Å². The summed E-state index contributed by atoms with van der Waals surface area (Å²) in [5, 5.41) is 6.03. The molecule has 1 aromatic heterocycles. The van der Waals surface area contributed by atoms with Crippen molar-refractivity contribution in [3.8, 4) is 0 Å². The van der Waals surface area contributed by atoms with E-state index in [9.17, 15) is 14.4 Å². The second-order valence-electron chi connectivity index (χ2n) is 9.00. The van der Waals surface area contributed by atoms with Crippen molar-refractivity contribution >= 4 is 11.8 Å². The monoisotopic (exact) mass is 419 g/mol. The Morgan fingerprint density at radius 1 is 1.33 bits per heavy atom. The van der Waals surface area contributed by atoms with Crippen molar-refractivity contribution in [1.29, 1.82) is 0 Å². The highest BCUT2D eigenvalue weighted by molar-refractivity contribution is 5.88. The summed E-state index contributed by atoms with van der Waals surface area (Å²) in [6.45, 7) is 10.9. The molecule has 0 aromatic carbocycles. The van der Waals surface area contributed by atoms with Crippen molar-refractivity contribution in [3.05, 3.63) is 27.9 Å². The van der Waals surface area contributed by atoms with Crippen LogP contribution >= 0.6 is 0 Å². The van der Waals surface area contributed by atoms with Gasteiger partial charge in [-0.3, -0.25) is 19.1 Å². The number of rotatable bonds is 5. The molecule has 0 radical (unpaired) electrons. The molecule has 0 saturated carbocycles. The van der Waals surface area contributed by atoms with Crippen LogP contribution in [-0.4, -0.2) is 70.7 Å². The molecule has 1 unspecified atom stereocenters. The maximum absolute atomic E-state index is 13.0. The fourth-order valence-electron chi connectivity index (χ4n) is 4.38. The minimum Gasteiger partial charge on any atom is -0.381 e. The minimum absolute atomic E-state index is 0.162. The van der Waals surface area contributed by atoms with E-state index in [0.717, 1.165) is 25.9 Å². The highest BCUT2D eigenvalue weighted by Crippen LogP contribution is 2.25. The van der Waals surface area contributed by atoms with Crippen LogP contribution < -0.4 is 16.3 Å². The maximum Gasteiger partial charge on any atom is 0.348 e. The molecule has 1 atom stereocenters. The van der Waals surface area contributed by atoms with E-state index in [1.165, 1.54) is 4.57 Å². The Hall–Kier alpha value is -2.26. The summed E-state index contributed by atoms with van der Waals surface area (Å²) in [6.07, 6.45) is 1.52. The lowest BCUT2D eigenvalue weighted by molar-refractivity contribution is -0.130. The second kappa shape index (κ2) is 9.26. The largest absolute Gasteiger partial charge is 0.381 e. The Balaban J connectivity index is 1.74. The van der Waals surface area contributed by atoms with Gasteiger partial charge in [-0.15, -0.1) is 0 Å². The molecule has 2 fully saturated rings. The Labute approximate surface area is 177 Å².